The molecule has 0 saturated carbocycles. The van der Waals surface area contributed by atoms with Gasteiger partial charge in [0.15, 0.2) is 0 Å². The van der Waals surface area contributed by atoms with Crippen LogP contribution in [0.2, 0.25) is 0 Å². The molecule has 3 heterocycles. The molecule has 4 nitrogen and oxygen atoms in total. The molecule has 0 aromatic heterocycles. The monoisotopic (exact) mass is 337 g/mol. The number of likely N-dealkylation sites (tertiary alicyclic amines) is 2. The quantitative estimate of drug-likeness (QED) is 0.856. The number of halogens is 2. The Kier molecular flexibility index (Phi) is 8.32. The Morgan fingerprint density at radius 1 is 0.952 bits per heavy atom. The van der Waals surface area contributed by atoms with Gasteiger partial charge in [0.05, 0.1) is 0 Å². The predicted molar refractivity (Wildman–Crippen MR) is 90.5 cm³/mol. The molecule has 3 aliphatic heterocycles. The van der Waals surface area contributed by atoms with Crippen LogP contribution in [0.4, 0.5) is 0 Å². The molecule has 0 bridgehead atoms. The van der Waals surface area contributed by atoms with Gasteiger partial charge in [0.25, 0.3) is 0 Å². The molecule has 3 aliphatic rings. The van der Waals surface area contributed by atoms with E-state index in [2.05, 4.69) is 15.1 Å². The number of carbonyl (C=O) groups excluding carboxylic acids is 1. The fraction of sp³-hybridized carbons (Fsp3) is 0.933. The van der Waals surface area contributed by atoms with Crippen LogP contribution in [-0.2, 0) is 4.79 Å². The normalized spacial score (nSPS) is 27.2. The fourth-order valence-electron chi connectivity index (χ4n) is 3.86. The smallest absolute Gasteiger partial charge is 0.224 e. The number of nitrogens with zero attached hydrogens (tertiary/aromatic N) is 2. The minimum atomic E-state index is 0. The number of amides is 1. The second-order valence-corrected chi connectivity index (χ2v) is 6.35. The molecule has 0 aromatic rings. The molecule has 3 rings (SSSR count). The lowest BCUT2D eigenvalue weighted by Gasteiger charge is -2.37. The van der Waals surface area contributed by atoms with E-state index < -0.39 is 0 Å². The molecular weight excluding hydrogens is 309 g/mol. The lowest BCUT2D eigenvalue weighted by Crippen LogP contribution is -2.46. The standard InChI is InChI=1S/C15H27N3O.2ClH/c19-15(12-13-4-3-7-16-13)18-10-5-14(6-11-18)17-8-1-2-9-17;;/h13-14,16H,1-12H2;2*1H. The number of carbonyl (C=O) groups is 1. The predicted octanol–water partition coefficient (Wildman–Crippen LogP) is 2.06. The van der Waals surface area contributed by atoms with E-state index in [1.54, 1.807) is 0 Å². The fourth-order valence-corrected chi connectivity index (χ4v) is 3.86. The highest BCUT2D eigenvalue weighted by molar-refractivity contribution is 5.85. The third-order valence-corrected chi connectivity index (χ3v) is 5.06. The molecular formula is C15H29Cl2N3O. The number of hydrogen-bond donors (Lipinski definition) is 1. The van der Waals surface area contributed by atoms with E-state index in [1.807, 2.05) is 0 Å². The number of nitrogens with one attached hydrogen (secondary N) is 1. The van der Waals surface area contributed by atoms with Crippen LogP contribution in [0.1, 0.15) is 44.9 Å². The van der Waals surface area contributed by atoms with E-state index in [-0.39, 0.29) is 24.8 Å². The SMILES string of the molecule is Cl.Cl.O=C(CC1CCCN1)N1CCC(N2CCCC2)CC1. The van der Waals surface area contributed by atoms with Gasteiger partial charge < -0.3 is 15.1 Å². The topological polar surface area (TPSA) is 35.6 Å². The van der Waals surface area contributed by atoms with Crippen LogP contribution in [0.25, 0.3) is 0 Å². The van der Waals surface area contributed by atoms with Gasteiger partial charge >= 0.3 is 0 Å². The maximum absolute atomic E-state index is 12.3. The van der Waals surface area contributed by atoms with E-state index >= 15 is 0 Å². The lowest BCUT2D eigenvalue weighted by molar-refractivity contribution is -0.133. The summed E-state index contributed by atoms with van der Waals surface area (Å²) in [6.07, 6.45) is 8.23. The summed E-state index contributed by atoms with van der Waals surface area (Å²) in [6, 6.07) is 1.19. The summed E-state index contributed by atoms with van der Waals surface area (Å²) < 4.78 is 0. The average Bonchev–Trinajstić information content (AvgIpc) is 3.12. The zero-order valence-electron chi connectivity index (χ0n) is 12.8. The van der Waals surface area contributed by atoms with Crippen LogP contribution in [0.3, 0.4) is 0 Å². The molecule has 21 heavy (non-hydrogen) atoms. The van der Waals surface area contributed by atoms with Crippen LogP contribution in [0.5, 0.6) is 0 Å². The number of hydrogen-bond acceptors (Lipinski definition) is 3. The van der Waals surface area contributed by atoms with Gasteiger partial charge in [-0.3, -0.25) is 4.79 Å². The summed E-state index contributed by atoms with van der Waals surface area (Å²) in [4.78, 5) is 17.0. The van der Waals surface area contributed by atoms with Crippen molar-refractivity contribution >= 4 is 30.7 Å². The molecule has 0 aliphatic carbocycles. The zero-order valence-corrected chi connectivity index (χ0v) is 14.4. The number of rotatable bonds is 3. The first-order valence-electron chi connectivity index (χ1n) is 8.08. The summed E-state index contributed by atoms with van der Waals surface area (Å²) in [5, 5.41) is 3.42. The summed E-state index contributed by atoms with van der Waals surface area (Å²) >= 11 is 0. The van der Waals surface area contributed by atoms with E-state index in [4.69, 9.17) is 0 Å². The van der Waals surface area contributed by atoms with Gasteiger partial charge in [0.1, 0.15) is 0 Å². The van der Waals surface area contributed by atoms with Crippen molar-refractivity contribution in [3.05, 3.63) is 0 Å². The first-order chi connectivity index (χ1) is 9.33. The second kappa shape index (κ2) is 9.19. The Bertz CT molecular complexity index is 310. The van der Waals surface area contributed by atoms with Crippen molar-refractivity contribution in [3.8, 4) is 0 Å². The molecule has 1 N–H and O–H groups in total. The van der Waals surface area contributed by atoms with Gasteiger partial charge in [-0.15, -0.1) is 24.8 Å². The molecule has 3 fully saturated rings. The summed E-state index contributed by atoms with van der Waals surface area (Å²) in [5.41, 5.74) is 0. The molecule has 3 saturated heterocycles. The first kappa shape index (κ1) is 19.0. The maximum Gasteiger partial charge on any atom is 0.224 e. The van der Waals surface area contributed by atoms with Crippen molar-refractivity contribution in [2.45, 2.75) is 57.0 Å². The molecule has 0 radical (unpaired) electrons. The van der Waals surface area contributed by atoms with Crippen LogP contribution in [0, 0.1) is 0 Å². The van der Waals surface area contributed by atoms with Gasteiger partial charge in [-0.25, -0.2) is 0 Å². The molecule has 124 valence electrons. The van der Waals surface area contributed by atoms with Crippen molar-refractivity contribution in [2.75, 3.05) is 32.7 Å². The molecule has 1 amide bonds. The zero-order chi connectivity index (χ0) is 13.1. The molecule has 1 atom stereocenters. The Morgan fingerprint density at radius 3 is 2.19 bits per heavy atom. The van der Waals surface area contributed by atoms with Crippen LogP contribution < -0.4 is 5.32 Å². The lowest BCUT2D eigenvalue weighted by atomic mass is 10.0. The van der Waals surface area contributed by atoms with E-state index in [9.17, 15) is 4.79 Å². The van der Waals surface area contributed by atoms with Crippen molar-refractivity contribution in [1.82, 2.24) is 15.1 Å². The van der Waals surface area contributed by atoms with Crippen molar-refractivity contribution in [3.63, 3.8) is 0 Å². The van der Waals surface area contributed by atoms with E-state index in [0.717, 1.165) is 25.7 Å². The van der Waals surface area contributed by atoms with Gasteiger partial charge in [-0.05, 0) is 58.2 Å². The minimum absolute atomic E-state index is 0. The van der Waals surface area contributed by atoms with Gasteiger partial charge in [0.2, 0.25) is 5.91 Å². The third-order valence-electron chi connectivity index (χ3n) is 5.06. The maximum atomic E-state index is 12.3. The Balaban J connectivity index is 0.00000110. The summed E-state index contributed by atoms with van der Waals surface area (Å²) in [5.74, 6) is 0.374. The number of piperidine rings is 1. The van der Waals surface area contributed by atoms with Crippen molar-refractivity contribution in [2.24, 2.45) is 0 Å². The highest BCUT2D eigenvalue weighted by atomic mass is 35.5. The van der Waals surface area contributed by atoms with Gasteiger partial charge in [-0.1, -0.05) is 0 Å². The molecule has 1 unspecified atom stereocenters. The molecule has 0 spiro atoms. The highest BCUT2D eigenvalue weighted by Gasteiger charge is 2.29. The van der Waals surface area contributed by atoms with E-state index in [1.165, 1.54) is 51.6 Å². The molecule has 6 heteroatoms. The van der Waals surface area contributed by atoms with Crippen LogP contribution in [-0.4, -0.2) is 60.5 Å². The highest BCUT2D eigenvalue weighted by Crippen LogP contribution is 2.22. The Hall–Kier alpha value is -0.0300. The first-order valence-corrected chi connectivity index (χ1v) is 8.08. The average molecular weight is 338 g/mol. The van der Waals surface area contributed by atoms with Crippen LogP contribution in [0.15, 0.2) is 0 Å². The largest absolute Gasteiger partial charge is 0.343 e. The van der Waals surface area contributed by atoms with E-state index in [0.29, 0.717) is 18.4 Å². The van der Waals surface area contributed by atoms with Crippen molar-refractivity contribution in [1.29, 1.82) is 0 Å². The third kappa shape index (κ3) is 4.98. The van der Waals surface area contributed by atoms with Gasteiger partial charge in [-0.2, -0.15) is 0 Å². The van der Waals surface area contributed by atoms with Crippen LogP contribution >= 0.6 is 24.8 Å². The second-order valence-electron chi connectivity index (χ2n) is 6.35. The summed E-state index contributed by atoms with van der Waals surface area (Å²) in [6.45, 7) is 5.61. The minimum Gasteiger partial charge on any atom is -0.343 e. The Morgan fingerprint density at radius 2 is 1.62 bits per heavy atom. The Labute approximate surface area is 140 Å². The van der Waals surface area contributed by atoms with Gasteiger partial charge in [0, 0.05) is 31.6 Å². The molecule has 0 aromatic carbocycles. The van der Waals surface area contributed by atoms with Crippen molar-refractivity contribution < 1.29 is 4.79 Å². The summed E-state index contributed by atoms with van der Waals surface area (Å²) in [7, 11) is 0.